The summed E-state index contributed by atoms with van der Waals surface area (Å²) in [5.74, 6) is 2.09. The number of nitrogens with zero attached hydrogens (tertiary/aromatic N) is 5. The Hall–Kier alpha value is -7.70. The fourth-order valence-electron chi connectivity index (χ4n) is 10.7. The summed E-state index contributed by atoms with van der Waals surface area (Å²) in [6, 6.07) is 65.5. The predicted octanol–water partition coefficient (Wildman–Crippen LogP) is 17.7. The Bertz CT molecular complexity index is 4170. The molecule has 0 fully saturated rings. The number of fused-ring (bicyclic) bond motifs is 5. The molecule has 4 heterocycles. The number of furan rings is 1. The van der Waals surface area contributed by atoms with Gasteiger partial charge in [0.15, 0.2) is 0 Å². The fourth-order valence-corrected chi connectivity index (χ4v) is 10.7. The van der Waals surface area contributed by atoms with E-state index in [9.17, 15) is 0 Å². The van der Waals surface area contributed by atoms with E-state index in [1.807, 2.05) is 77.1 Å². The molecule has 0 aliphatic carbocycles. The van der Waals surface area contributed by atoms with Crippen LogP contribution in [0.2, 0.25) is 0 Å². The number of imidazole rings is 2. The van der Waals surface area contributed by atoms with Gasteiger partial charge in [0.2, 0.25) is 0 Å². The summed E-state index contributed by atoms with van der Waals surface area (Å²) in [6.07, 6.45) is -1.45. The van der Waals surface area contributed by atoms with Crippen molar-refractivity contribution in [2.45, 2.75) is 94.4 Å². The molecule has 0 bridgehead atoms. The number of hydrogen-bond donors (Lipinski definition) is 0. The Morgan fingerprint density at radius 3 is 1.99 bits per heavy atom. The van der Waals surface area contributed by atoms with Gasteiger partial charge in [-0.2, -0.15) is 0 Å². The zero-order valence-corrected chi connectivity index (χ0v) is 48.2. The molecule has 0 radical (unpaired) electrons. The number of pyridine rings is 1. The van der Waals surface area contributed by atoms with Crippen LogP contribution in [0.5, 0.6) is 0 Å². The molecule has 6 nitrogen and oxygen atoms in total. The summed E-state index contributed by atoms with van der Waals surface area (Å²) in [5, 5.41) is 2.10. The van der Waals surface area contributed by atoms with Gasteiger partial charge in [-0.3, -0.25) is 9.97 Å². The van der Waals surface area contributed by atoms with Gasteiger partial charge in [0, 0.05) is 19.5 Å². The van der Waals surface area contributed by atoms with Crippen molar-refractivity contribution in [2.75, 3.05) is 0 Å². The largest absolute Gasteiger partial charge is 3.00 e. The summed E-state index contributed by atoms with van der Waals surface area (Å²) >= 11 is 0. The Morgan fingerprint density at radius 1 is 0.649 bits per heavy atom. The third-order valence-corrected chi connectivity index (χ3v) is 14.3. The molecular weight excluding hydrogens is 1120 g/mol. The average Bonchev–Trinajstić information content (AvgIpc) is 4.35. The molecule has 0 atom stereocenters. The molecular formula is C70H65IrN5O+. The van der Waals surface area contributed by atoms with Crippen LogP contribution in [0.15, 0.2) is 174 Å². The summed E-state index contributed by atoms with van der Waals surface area (Å²) < 4.78 is 29.0. The molecule has 0 saturated heterocycles. The van der Waals surface area contributed by atoms with Gasteiger partial charge in [0.25, 0.3) is 0 Å². The molecule has 0 spiro atoms. The standard InChI is InChI=1S/C48H45N2O.C22H20N3.Ir/c1-30(2)40-26-36(34-22-20-32(21-23-34)29-48(5,6)7)27-41(31(3)4)45(40)50-43-19-12-11-18-42(43)49-47(50)39-17-13-16-38-37-25-24-35(28-44(37)51-46(38)39)33-14-9-8-10-15-33;1-14-8-7-9-15(2)21(14)25-20-11-6-5-10-19(20)24-22(25)18-13-12-16(3)23-17(18)4;/h8-16,18-28,30-31H,29H2,1-7H3;5-12H,1-4H3;/q2*-1;+3/i29D2;;. The first-order chi connectivity index (χ1) is 37.4. The topological polar surface area (TPSA) is 61.8 Å². The van der Waals surface area contributed by atoms with Crippen LogP contribution in [-0.2, 0) is 26.5 Å². The molecule has 384 valence electrons. The normalized spacial score (nSPS) is 12.3. The SMILES string of the molecule is Cc1c[c-]c(-c2[n-]c3ccccc3[n+]2-c2c(C)cccc2C)c(C)n1.[2H]C([2H])(c1ccc(-c2cc(C(C)C)c(-n3c(-c4[c-]ccc5c4oc4cc(-c6ccccc6)ccc45)nc4ccccc43)c(C(C)C)c2)cc1)C(C)(C)C.[Ir+3]. The van der Waals surface area contributed by atoms with Gasteiger partial charge in [-0.1, -0.05) is 188 Å². The summed E-state index contributed by atoms with van der Waals surface area (Å²) in [6.45, 7) is 23.2. The maximum atomic E-state index is 8.82. The van der Waals surface area contributed by atoms with Crippen LogP contribution in [0.25, 0.3) is 100 Å². The van der Waals surface area contributed by atoms with Crippen molar-refractivity contribution in [1.82, 2.24) is 19.5 Å². The van der Waals surface area contributed by atoms with Crippen LogP contribution in [0, 0.1) is 45.2 Å². The Morgan fingerprint density at radius 2 is 1.30 bits per heavy atom. The van der Waals surface area contributed by atoms with Gasteiger partial charge in [-0.15, -0.1) is 30.3 Å². The molecule has 0 aliphatic heterocycles. The van der Waals surface area contributed by atoms with E-state index in [1.165, 1.54) is 27.9 Å². The van der Waals surface area contributed by atoms with Crippen LogP contribution < -0.4 is 9.55 Å². The van der Waals surface area contributed by atoms with Gasteiger partial charge in [-0.05, 0) is 141 Å². The molecule has 8 aromatic carbocycles. The third-order valence-electron chi connectivity index (χ3n) is 14.3. The molecule has 0 amide bonds. The predicted molar refractivity (Wildman–Crippen MR) is 315 cm³/mol. The van der Waals surface area contributed by atoms with Crippen molar-refractivity contribution in [3.8, 4) is 56.4 Å². The van der Waals surface area contributed by atoms with Crippen LogP contribution >= 0.6 is 0 Å². The van der Waals surface area contributed by atoms with Crippen molar-refractivity contribution >= 4 is 44.0 Å². The molecule has 0 aliphatic rings. The van der Waals surface area contributed by atoms with Crippen LogP contribution in [-0.4, -0.2) is 14.5 Å². The Kier molecular flexibility index (Phi) is 13.9. The van der Waals surface area contributed by atoms with E-state index in [0.717, 1.165) is 106 Å². The third kappa shape index (κ3) is 10.2. The first-order valence-corrected chi connectivity index (χ1v) is 26.5. The number of aromatic nitrogens is 5. The fraction of sp³-hybridized carbons (Fsp3) is 0.214. The molecule has 7 heteroatoms. The smallest absolute Gasteiger partial charge is 0.501 e. The van der Waals surface area contributed by atoms with Crippen LogP contribution in [0.1, 0.15) is 102 Å². The Labute approximate surface area is 470 Å². The van der Waals surface area contributed by atoms with Crippen LogP contribution in [0.4, 0.5) is 0 Å². The Balaban J connectivity index is 0.000000226. The second-order valence-corrected chi connectivity index (χ2v) is 21.8. The maximum absolute atomic E-state index is 8.82. The summed E-state index contributed by atoms with van der Waals surface area (Å²) in [7, 11) is 0. The van der Waals surface area contributed by atoms with E-state index in [2.05, 4.69) is 195 Å². The first kappa shape index (κ1) is 50.1. The number of hydrogen-bond acceptors (Lipinski definition) is 3. The van der Waals surface area contributed by atoms with E-state index in [1.54, 1.807) is 0 Å². The first-order valence-electron chi connectivity index (χ1n) is 27.5. The van der Waals surface area contributed by atoms with Crippen molar-refractivity contribution in [1.29, 1.82) is 0 Å². The van der Waals surface area contributed by atoms with Crippen molar-refractivity contribution in [3.63, 3.8) is 0 Å². The van der Waals surface area contributed by atoms with E-state index >= 15 is 0 Å². The van der Waals surface area contributed by atoms with Crippen molar-refractivity contribution in [2.24, 2.45) is 5.41 Å². The minimum atomic E-state index is -1.45. The van der Waals surface area contributed by atoms with E-state index < -0.39 is 11.8 Å². The van der Waals surface area contributed by atoms with E-state index in [0.29, 0.717) is 5.56 Å². The zero-order valence-electron chi connectivity index (χ0n) is 47.8. The number of para-hydroxylation sites is 5. The minimum absolute atomic E-state index is 0. The monoisotopic (exact) mass is 1190 g/mol. The molecule has 12 rings (SSSR count). The van der Waals surface area contributed by atoms with Crippen molar-refractivity contribution < 1.29 is 31.8 Å². The second-order valence-electron chi connectivity index (χ2n) is 21.8. The van der Waals surface area contributed by atoms with E-state index in [4.69, 9.17) is 17.1 Å². The van der Waals surface area contributed by atoms with Gasteiger partial charge in [0.1, 0.15) is 5.58 Å². The summed E-state index contributed by atoms with van der Waals surface area (Å²) in [4.78, 5) is 14.9. The van der Waals surface area contributed by atoms with Gasteiger partial charge in [-0.25, -0.2) is 0 Å². The maximum Gasteiger partial charge on any atom is 3.00 e. The number of benzene rings is 8. The van der Waals surface area contributed by atoms with Crippen molar-refractivity contribution in [3.05, 3.63) is 221 Å². The van der Waals surface area contributed by atoms with Crippen LogP contribution in [0.3, 0.4) is 0 Å². The summed E-state index contributed by atoms with van der Waals surface area (Å²) in [5.41, 5.74) is 21.1. The molecule has 0 N–H and O–H groups in total. The number of aryl methyl sites for hydroxylation is 4. The van der Waals surface area contributed by atoms with Gasteiger partial charge < -0.3 is 18.5 Å². The van der Waals surface area contributed by atoms with Gasteiger partial charge in [0.05, 0.1) is 39.3 Å². The van der Waals surface area contributed by atoms with E-state index in [-0.39, 0.29) is 31.9 Å². The molecule has 4 aromatic heterocycles. The molecule has 77 heavy (non-hydrogen) atoms. The molecule has 0 unspecified atom stereocenters. The number of rotatable bonds is 9. The zero-order chi connectivity index (χ0) is 54.8. The minimum Gasteiger partial charge on any atom is -0.501 e. The van der Waals surface area contributed by atoms with Gasteiger partial charge >= 0.3 is 20.1 Å². The molecule has 12 aromatic rings. The second kappa shape index (κ2) is 21.4. The quantitative estimate of drug-likeness (QED) is 0.107. The average molecular weight is 1190 g/mol. The molecule has 0 saturated carbocycles.